The van der Waals surface area contributed by atoms with Crippen LogP contribution in [0.25, 0.3) is 5.69 Å². The minimum Gasteiger partial charge on any atom is -0.384 e. The van der Waals surface area contributed by atoms with E-state index in [-0.39, 0.29) is 28.0 Å². The second-order valence-electron chi connectivity index (χ2n) is 6.81. The van der Waals surface area contributed by atoms with E-state index < -0.39 is 23.2 Å². The van der Waals surface area contributed by atoms with Crippen LogP contribution in [0.3, 0.4) is 0 Å². The van der Waals surface area contributed by atoms with Gasteiger partial charge in [-0.15, -0.1) is 0 Å². The van der Waals surface area contributed by atoms with Crippen molar-refractivity contribution in [1.82, 2.24) is 9.88 Å². The SMILES string of the molecule is CC(C)(C)c1cc(F)c(-n2c(N)c3c(cc2=O)C(=O)NC3=O)c(Br)c1. The van der Waals surface area contributed by atoms with Gasteiger partial charge in [-0.05, 0) is 39.0 Å². The number of fused-ring (bicyclic) bond motifs is 1. The molecule has 0 bridgehead atoms. The number of nitrogens with two attached hydrogens (primary N) is 1. The summed E-state index contributed by atoms with van der Waals surface area (Å²) in [4.78, 5) is 36.1. The number of halogens is 2. The van der Waals surface area contributed by atoms with E-state index in [1.807, 2.05) is 20.8 Å². The summed E-state index contributed by atoms with van der Waals surface area (Å²) in [5, 5.41) is 2.07. The molecule has 2 amide bonds. The third-order valence-corrected chi connectivity index (χ3v) is 4.66. The number of aromatic nitrogens is 1. The summed E-state index contributed by atoms with van der Waals surface area (Å²) in [6.07, 6.45) is 0. The maximum absolute atomic E-state index is 14.8. The number of pyridine rings is 1. The first-order valence-electron chi connectivity index (χ1n) is 7.43. The minimum absolute atomic E-state index is 0.105. The number of carbonyl (C=O) groups is 2. The zero-order valence-electron chi connectivity index (χ0n) is 13.7. The Hall–Kier alpha value is -2.48. The topological polar surface area (TPSA) is 94.2 Å². The molecule has 0 fully saturated rings. The van der Waals surface area contributed by atoms with Crippen LogP contribution in [0, 0.1) is 5.82 Å². The summed E-state index contributed by atoms with van der Waals surface area (Å²) in [6, 6.07) is 4.00. The quantitative estimate of drug-likeness (QED) is 0.710. The number of rotatable bonds is 1. The number of nitrogens with zero attached hydrogens (tertiary/aromatic N) is 1. The Balaban J connectivity index is 2.33. The number of nitrogen functional groups attached to an aromatic ring is 1. The molecule has 6 nitrogen and oxygen atoms in total. The molecule has 0 radical (unpaired) electrons. The monoisotopic (exact) mass is 407 g/mol. The summed E-state index contributed by atoms with van der Waals surface area (Å²) in [5.74, 6) is -2.36. The van der Waals surface area contributed by atoms with E-state index in [4.69, 9.17) is 5.73 Å². The molecule has 1 aliphatic heterocycles. The van der Waals surface area contributed by atoms with Gasteiger partial charge in [-0.25, -0.2) is 4.39 Å². The van der Waals surface area contributed by atoms with Gasteiger partial charge in [-0.3, -0.25) is 24.3 Å². The van der Waals surface area contributed by atoms with Crippen LogP contribution in [0.4, 0.5) is 10.2 Å². The van der Waals surface area contributed by atoms with Crippen molar-refractivity contribution in [2.75, 3.05) is 5.73 Å². The first-order chi connectivity index (χ1) is 11.5. The molecule has 0 saturated heterocycles. The van der Waals surface area contributed by atoms with E-state index in [0.29, 0.717) is 4.47 Å². The molecule has 2 heterocycles. The number of hydrogen-bond donors (Lipinski definition) is 2. The molecule has 0 atom stereocenters. The van der Waals surface area contributed by atoms with Crippen LogP contribution in [0.5, 0.6) is 0 Å². The number of nitrogens with one attached hydrogen (secondary N) is 1. The Kier molecular flexibility index (Phi) is 3.83. The third kappa shape index (κ3) is 2.66. The minimum atomic E-state index is -0.714. The van der Waals surface area contributed by atoms with Gasteiger partial charge in [0.1, 0.15) is 17.3 Å². The summed E-state index contributed by atoms with van der Waals surface area (Å²) in [7, 11) is 0. The van der Waals surface area contributed by atoms with E-state index in [0.717, 1.165) is 16.2 Å². The molecule has 130 valence electrons. The van der Waals surface area contributed by atoms with Gasteiger partial charge in [0.25, 0.3) is 17.4 Å². The average molecular weight is 408 g/mol. The Labute approximate surface area is 151 Å². The first kappa shape index (κ1) is 17.3. The molecule has 0 saturated carbocycles. The smallest absolute Gasteiger partial charge is 0.262 e. The normalized spacial score (nSPS) is 13.8. The second kappa shape index (κ2) is 5.52. The summed E-state index contributed by atoms with van der Waals surface area (Å²) in [5.41, 5.74) is 5.32. The number of carbonyl (C=O) groups excluding carboxylic acids is 2. The van der Waals surface area contributed by atoms with Crippen molar-refractivity contribution in [2.45, 2.75) is 26.2 Å². The molecule has 3 rings (SSSR count). The Morgan fingerprint density at radius 3 is 2.32 bits per heavy atom. The van der Waals surface area contributed by atoms with Crippen molar-refractivity contribution in [3.05, 3.63) is 55.5 Å². The predicted octanol–water partition coefficient (Wildman–Crippen LogP) is 2.50. The zero-order chi connectivity index (χ0) is 18.7. The van der Waals surface area contributed by atoms with Crippen LogP contribution in [-0.4, -0.2) is 16.4 Å². The van der Waals surface area contributed by atoms with Gasteiger partial charge < -0.3 is 5.73 Å². The second-order valence-corrected chi connectivity index (χ2v) is 7.67. The molecule has 25 heavy (non-hydrogen) atoms. The van der Waals surface area contributed by atoms with Crippen LogP contribution in [0.15, 0.2) is 27.5 Å². The highest BCUT2D eigenvalue weighted by Crippen LogP contribution is 2.33. The molecular weight excluding hydrogens is 393 g/mol. The molecule has 8 heteroatoms. The van der Waals surface area contributed by atoms with Gasteiger partial charge in [0.2, 0.25) is 0 Å². The molecule has 1 aliphatic rings. The van der Waals surface area contributed by atoms with Crippen molar-refractivity contribution in [1.29, 1.82) is 0 Å². The van der Waals surface area contributed by atoms with Crippen molar-refractivity contribution in [3.63, 3.8) is 0 Å². The van der Waals surface area contributed by atoms with Crippen LogP contribution < -0.4 is 16.6 Å². The molecule has 0 aliphatic carbocycles. The van der Waals surface area contributed by atoms with E-state index in [2.05, 4.69) is 21.2 Å². The maximum atomic E-state index is 14.8. The number of imide groups is 1. The molecule has 0 spiro atoms. The fraction of sp³-hybridized carbons (Fsp3) is 0.235. The van der Waals surface area contributed by atoms with Gasteiger partial charge >= 0.3 is 0 Å². The lowest BCUT2D eigenvalue weighted by Crippen LogP contribution is -2.25. The summed E-state index contributed by atoms with van der Waals surface area (Å²) >= 11 is 3.28. The van der Waals surface area contributed by atoms with E-state index in [9.17, 15) is 18.8 Å². The molecule has 1 aromatic carbocycles. The Morgan fingerprint density at radius 2 is 1.76 bits per heavy atom. The highest BCUT2D eigenvalue weighted by Gasteiger charge is 2.33. The number of amides is 2. The highest BCUT2D eigenvalue weighted by atomic mass is 79.9. The van der Waals surface area contributed by atoms with E-state index >= 15 is 0 Å². The fourth-order valence-electron chi connectivity index (χ4n) is 2.72. The predicted molar refractivity (Wildman–Crippen MR) is 94.6 cm³/mol. The first-order valence-corrected chi connectivity index (χ1v) is 8.22. The molecule has 2 aromatic rings. The summed E-state index contributed by atoms with van der Waals surface area (Å²) < 4.78 is 16.0. The van der Waals surface area contributed by atoms with Crippen molar-refractivity contribution in [3.8, 4) is 5.69 Å². The zero-order valence-corrected chi connectivity index (χ0v) is 15.3. The Morgan fingerprint density at radius 1 is 1.12 bits per heavy atom. The summed E-state index contributed by atoms with van der Waals surface area (Å²) in [6.45, 7) is 5.79. The van der Waals surface area contributed by atoms with Gasteiger partial charge in [-0.2, -0.15) is 0 Å². The molecule has 3 N–H and O–H groups in total. The standard InChI is InChI=1S/C17H15BrFN3O3/c1-17(2,3)7-4-9(18)13(10(19)5-7)22-11(23)6-8-12(14(22)20)16(25)21-15(8)24/h4-6H,20H2,1-3H3,(H,21,24,25). The maximum Gasteiger partial charge on any atom is 0.262 e. The van der Waals surface area contributed by atoms with Gasteiger partial charge in [0, 0.05) is 10.5 Å². The van der Waals surface area contributed by atoms with Gasteiger partial charge in [0.05, 0.1) is 11.1 Å². The van der Waals surface area contributed by atoms with Crippen LogP contribution >= 0.6 is 15.9 Å². The van der Waals surface area contributed by atoms with Crippen LogP contribution in [-0.2, 0) is 5.41 Å². The van der Waals surface area contributed by atoms with Gasteiger partial charge in [-0.1, -0.05) is 20.8 Å². The highest BCUT2D eigenvalue weighted by molar-refractivity contribution is 9.10. The lowest BCUT2D eigenvalue weighted by molar-refractivity contribution is 0.0880. The Bertz CT molecular complexity index is 982. The largest absolute Gasteiger partial charge is 0.384 e. The number of anilines is 1. The lowest BCUT2D eigenvalue weighted by Gasteiger charge is -2.22. The molecule has 0 unspecified atom stereocenters. The number of hydrogen-bond acceptors (Lipinski definition) is 4. The van der Waals surface area contributed by atoms with E-state index in [1.54, 1.807) is 6.07 Å². The van der Waals surface area contributed by atoms with Crippen molar-refractivity contribution in [2.24, 2.45) is 0 Å². The average Bonchev–Trinajstić information content (AvgIpc) is 2.75. The molecular formula is C17H15BrFN3O3. The van der Waals surface area contributed by atoms with Crippen molar-refractivity contribution >= 4 is 33.6 Å². The molecule has 1 aromatic heterocycles. The van der Waals surface area contributed by atoms with Gasteiger partial charge in [0.15, 0.2) is 0 Å². The van der Waals surface area contributed by atoms with Crippen molar-refractivity contribution < 1.29 is 14.0 Å². The lowest BCUT2D eigenvalue weighted by atomic mass is 9.87. The van der Waals surface area contributed by atoms with E-state index in [1.165, 1.54) is 6.07 Å². The van der Waals surface area contributed by atoms with Crippen LogP contribution in [0.2, 0.25) is 0 Å². The fourth-order valence-corrected chi connectivity index (χ4v) is 3.34. The number of benzene rings is 1. The third-order valence-electron chi connectivity index (χ3n) is 4.06. The van der Waals surface area contributed by atoms with Crippen LogP contribution in [0.1, 0.15) is 47.1 Å².